The number of hydrogen-bond acceptors (Lipinski definition) is 7. The lowest BCUT2D eigenvalue weighted by Gasteiger charge is -2.63. The maximum absolute atomic E-state index is 13.7. The SMILES string of the molecule is CC(=O)N[C@@H](CC(=O)NCCC(COCc1ccccc1)COCc1ccccc1)C(=O)N[C@@H](CC(C)C)B1OC2[C@H]3C[C@H](C[C@]2(C)O1)C3(C)C. The predicted molar refractivity (Wildman–Crippen MR) is 197 cm³/mol. The van der Waals surface area contributed by atoms with Crippen molar-refractivity contribution >= 4 is 24.8 Å². The van der Waals surface area contributed by atoms with Gasteiger partial charge in [0.2, 0.25) is 17.7 Å². The highest BCUT2D eigenvalue weighted by Gasteiger charge is 2.67. The summed E-state index contributed by atoms with van der Waals surface area (Å²) in [4.78, 5) is 39.1. The Morgan fingerprint density at radius 1 is 0.922 bits per heavy atom. The Kier molecular flexibility index (Phi) is 13.4. The van der Waals surface area contributed by atoms with Crippen molar-refractivity contribution in [1.29, 1.82) is 0 Å². The van der Waals surface area contributed by atoms with Crippen molar-refractivity contribution in [3.8, 4) is 0 Å². The summed E-state index contributed by atoms with van der Waals surface area (Å²) in [5.74, 6) is -0.245. The highest BCUT2D eigenvalue weighted by Crippen LogP contribution is 2.64. The van der Waals surface area contributed by atoms with Crippen LogP contribution in [-0.4, -0.2) is 68.3 Å². The van der Waals surface area contributed by atoms with E-state index in [0.717, 1.165) is 24.0 Å². The first kappa shape index (κ1) is 39.0. The minimum absolute atomic E-state index is 0.0257. The monoisotopic (exact) mass is 703 g/mol. The fraction of sp³-hybridized carbons (Fsp3) is 0.625. The second-order valence-corrected chi connectivity index (χ2v) is 16.1. The Labute approximate surface area is 304 Å². The third-order valence-electron chi connectivity index (χ3n) is 11.1. The predicted octanol–water partition coefficient (Wildman–Crippen LogP) is 5.24. The van der Waals surface area contributed by atoms with Crippen molar-refractivity contribution in [2.24, 2.45) is 29.1 Å². The summed E-state index contributed by atoms with van der Waals surface area (Å²) >= 11 is 0. The average molecular weight is 704 g/mol. The highest BCUT2D eigenvalue weighted by atomic mass is 16.7. The molecule has 0 aromatic heterocycles. The Balaban J connectivity index is 1.14. The van der Waals surface area contributed by atoms with Gasteiger partial charge in [-0.2, -0.15) is 0 Å². The van der Waals surface area contributed by atoms with Crippen LogP contribution in [0.2, 0.25) is 0 Å². The van der Waals surface area contributed by atoms with Gasteiger partial charge >= 0.3 is 7.12 Å². The van der Waals surface area contributed by atoms with Crippen LogP contribution in [0.3, 0.4) is 0 Å². The van der Waals surface area contributed by atoms with Gasteiger partial charge in [-0.3, -0.25) is 14.4 Å². The van der Waals surface area contributed by atoms with Crippen molar-refractivity contribution in [2.45, 2.75) is 111 Å². The summed E-state index contributed by atoms with van der Waals surface area (Å²) in [6.45, 7) is 14.6. The summed E-state index contributed by atoms with van der Waals surface area (Å²) in [6.07, 6.45) is 3.13. The Bertz CT molecular complexity index is 1400. The van der Waals surface area contributed by atoms with E-state index in [4.69, 9.17) is 18.8 Å². The molecule has 3 N–H and O–H groups in total. The maximum Gasteiger partial charge on any atom is 0.481 e. The summed E-state index contributed by atoms with van der Waals surface area (Å²) in [5.41, 5.74) is 2.01. The van der Waals surface area contributed by atoms with Crippen molar-refractivity contribution in [1.82, 2.24) is 16.0 Å². The van der Waals surface area contributed by atoms with E-state index in [2.05, 4.69) is 50.6 Å². The Morgan fingerprint density at radius 3 is 2.08 bits per heavy atom. The minimum Gasteiger partial charge on any atom is -0.404 e. The lowest BCUT2D eigenvalue weighted by atomic mass is 9.45. The van der Waals surface area contributed by atoms with Crippen molar-refractivity contribution in [3.63, 3.8) is 0 Å². The molecular weight excluding hydrogens is 645 g/mol. The number of carbonyl (C=O) groups is 3. The van der Waals surface area contributed by atoms with Crippen molar-refractivity contribution < 1.29 is 33.2 Å². The number of amides is 3. The second kappa shape index (κ2) is 17.5. The number of rotatable bonds is 19. The van der Waals surface area contributed by atoms with Crippen LogP contribution in [0.15, 0.2) is 60.7 Å². The van der Waals surface area contributed by atoms with E-state index in [-0.39, 0.29) is 47.2 Å². The Hall–Kier alpha value is -3.25. The summed E-state index contributed by atoms with van der Waals surface area (Å²) in [6, 6.07) is 18.9. The largest absolute Gasteiger partial charge is 0.481 e. The van der Waals surface area contributed by atoms with Gasteiger partial charge in [-0.25, -0.2) is 0 Å². The molecule has 6 atom stereocenters. The first-order chi connectivity index (χ1) is 24.3. The molecule has 278 valence electrons. The molecule has 3 amide bonds. The molecule has 3 saturated carbocycles. The van der Waals surface area contributed by atoms with Crippen LogP contribution in [0, 0.1) is 29.1 Å². The molecule has 2 aromatic rings. The van der Waals surface area contributed by atoms with Gasteiger partial charge in [0.1, 0.15) is 6.04 Å². The van der Waals surface area contributed by atoms with E-state index >= 15 is 0 Å². The van der Waals surface area contributed by atoms with E-state index in [1.807, 2.05) is 60.7 Å². The van der Waals surface area contributed by atoms with E-state index in [1.165, 1.54) is 6.92 Å². The molecule has 1 heterocycles. The van der Waals surface area contributed by atoms with Gasteiger partial charge < -0.3 is 34.7 Å². The number of nitrogens with one attached hydrogen (secondary N) is 3. The zero-order chi connectivity index (χ0) is 36.6. The van der Waals surface area contributed by atoms with Gasteiger partial charge in [-0.05, 0) is 66.9 Å². The molecule has 4 aliphatic rings. The first-order valence-electron chi connectivity index (χ1n) is 18.7. The van der Waals surface area contributed by atoms with Crippen molar-refractivity contribution in [3.05, 3.63) is 71.8 Å². The molecular formula is C40H58BN3O7. The minimum atomic E-state index is -1.04. The fourth-order valence-corrected chi connectivity index (χ4v) is 8.12. The van der Waals surface area contributed by atoms with Crippen LogP contribution in [0.1, 0.15) is 84.8 Å². The molecule has 6 rings (SSSR count). The lowest BCUT2D eigenvalue weighted by molar-refractivity contribution is -0.185. The molecule has 2 aromatic carbocycles. The zero-order valence-corrected chi connectivity index (χ0v) is 31.3. The van der Waals surface area contributed by atoms with Crippen LogP contribution in [0.4, 0.5) is 0 Å². The summed E-state index contributed by atoms with van der Waals surface area (Å²) in [7, 11) is -0.599. The standard InChI is InChI=1S/C40H58BN3O7/c1-27(2)19-35(41-50-37-33-20-32(39(33,4)5)22-40(37,6)51-41)44-38(47)34(43-28(3)45)21-36(46)42-18-17-31(25-48-23-29-13-9-7-10-14-29)26-49-24-30-15-11-8-12-16-30/h7-16,27,31-35,37H,17-26H2,1-6H3,(H,42,46)(H,43,45)(H,44,47)/t32-,33-,34+,35+,37?,40+/m1/s1. The first-order valence-corrected chi connectivity index (χ1v) is 18.7. The number of ether oxygens (including phenoxy) is 2. The van der Waals surface area contributed by atoms with E-state index in [1.54, 1.807) is 0 Å². The molecule has 4 fully saturated rings. The van der Waals surface area contributed by atoms with Crippen LogP contribution in [-0.2, 0) is 46.4 Å². The van der Waals surface area contributed by atoms with Crippen LogP contribution >= 0.6 is 0 Å². The summed E-state index contributed by atoms with van der Waals surface area (Å²) in [5, 5.41) is 8.76. The van der Waals surface area contributed by atoms with E-state index < -0.39 is 25.0 Å². The summed E-state index contributed by atoms with van der Waals surface area (Å²) < 4.78 is 25.3. The topological polar surface area (TPSA) is 124 Å². The lowest BCUT2D eigenvalue weighted by Crippen LogP contribution is -2.63. The fourth-order valence-electron chi connectivity index (χ4n) is 8.12. The maximum atomic E-state index is 13.7. The second-order valence-electron chi connectivity index (χ2n) is 16.1. The van der Waals surface area contributed by atoms with E-state index in [0.29, 0.717) is 57.6 Å². The normalized spacial score (nSPS) is 24.4. The van der Waals surface area contributed by atoms with E-state index in [9.17, 15) is 14.4 Å². The van der Waals surface area contributed by atoms with Crippen LogP contribution < -0.4 is 16.0 Å². The molecule has 2 bridgehead atoms. The third-order valence-corrected chi connectivity index (χ3v) is 11.1. The molecule has 1 saturated heterocycles. The molecule has 0 spiro atoms. The molecule has 51 heavy (non-hydrogen) atoms. The van der Waals surface area contributed by atoms with Crippen LogP contribution in [0.5, 0.6) is 0 Å². The molecule has 1 unspecified atom stereocenters. The number of benzene rings is 2. The van der Waals surface area contributed by atoms with Gasteiger partial charge in [0.25, 0.3) is 0 Å². The zero-order valence-electron chi connectivity index (χ0n) is 31.3. The smallest absolute Gasteiger partial charge is 0.404 e. The van der Waals surface area contributed by atoms with Gasteiger partial charge in [-0.15, -0.1) is 0 Å². The van der Waals surface area contributed by atoms with Crippen molar-refractivity contribution in [2.75, 3.05) is 19.8 Å². The highest BCUT2D eigenvalue weighted by molar-refractivity contribution is 6.48. The van der Waals surface area contributed by atoms with Gasteiger partial charge in [0, 0.05) is 19.4 Å². The molecule has 0 radical (unpaired) electrons. The number of carbonyl (C=O) groups excluding carboxylic acids is 3. The van der Waals surface area contributed by atoms with Gasteiger partial charge in [-0.1, -0.05) is 88.4 Å². The van der Waals surface area contributed by atoms with Gasteiger partial charge in [0.05, 0.1) is 50.5 Å². The Morgan fingerprint density at radius 2 is 1.53 bits per heavy atom. The quantitative estimate of drug-likeness (QED) is 0.171. The average Bonchev–Trinajstić information content (AvgIpc) is 3.45. The molecule has 11 heteroatoms. The molecule has 10 nitrogen and oxygen atoms in total. The molecule has 1 aliphatic heterocycles. The third kappa shape index (κ3) is 10.4. The van der Waals surface area contributed by atoms with Crippen LogP contribution in [0.25, 0.3) is 0 Å². The van der Waals surface area contributed by atoms with Gasteiger partial charge in [0.15, 0.2) is 0 Å². The number of hydrogen-bond donors (Lipinski definition) is 3. The molecule has 3 aliphatic carbocycles.